The zero-order valence-electron chi connectivity index (χ0n) is 17.8. The number of carbonyl (C=O) groups is 2. The predicted molar refractivity (Wildman–Crippen MR) is 116 cm³/mol. The number of nitro groups is 4. The van der Waals surface area contributed by atoms with Gasteiger partial charge in [-0.1, -0.05) is 0 Å². The maximum Gasteiger partial charge on any atom is 0.277 e. The largest absolute Gasteiger partial charge is 0.337 e. The van der Waals surface area contributed by atoms with Gasteiger partial charge in [0.05, 0.1) is 43.0 Å². The van der Waals surface area contributed by atoms with Crippen LogP contribution < -0.4 is 0 Å². The Kier molecular flexibility index (Phi) is 6.93. The van der Waals surface area contributed by atoms with E-state index in [4.69, 9.17) is 0 Å². The van der Waals surface area contributed by atoms with E-state index in [1.54, 1.807) is 0 Å². The Bertz CT molecular complexity index is 1100. The van der Waals surface area contributed by atoms with Crippen LogP contribution in [0.25, 0.3) is 0 Å². The number of hydrogen-bond acceptors (Lipinski definition) is 10. The monoisotopic (exact) mass is 488 g/mol. The fourth-order valence-corrected chi connectivity index (χ4v) is 3.55. The van der Waals surface area contributed by atoms with Gasteiger partial charge in [0.25, 0.3) is 34.6 Å². The summed E-state index contributed by atoms with van der Waals surface area (Å²) in [6.45, 7) is 0.151. The molecule has 3 rings (SSSR count). The van der Waals surface area contributed by atoms with E-state index in [2.05, 4.69) is 0 Å². The lowest BCUT2D eigenvalue weighted by Gasteiger charge is -2.22. The molecular formula is C19H16N6O10. The van der Waals surface area contributed by atoms with Crippen LogP contribution in [-0.4, -0.2) is 67.5 Å². The molecule has 0 atom stereocenters. The average Bonchev–Trinajstić information content (AvgIpc) is 3.08. The second-order valence-corrected chi connectivity index (χ2v) is 7.44. The molecule has 0 saturated carbocycles. The van der Waals surface area contributed by atoms with E-state index < -0.39 is 54.3 Å². The molecule has 1 aliphatic heterocycles. The third kappa shape index (κ3) is 5.49. The number of nitrogens with zero attached hydrogens (tertiary/aromatic N) is 6. The third-order valence-electron chi connectivity index (χ3n) is 5.21. The quantitative estimate of drug-likeness (QED) is 0.427. The van der Waals surface area contributed by atoms with Crippen LogP contribution in [0.15, 0.2) is 36.4 Å². The second kappa shape index (κ2) is 9.86. The summed E-state index contributed by atoms with van der Waals surface area (Å²) >= 11 is 0. The van der Waals surface area contributed by atoms with Crippen molar-refractivity contribution in [1.29, 1.82) is 0 Å². The Morgan fingerprint density at radius 1 is 0.543 bits per heavy atom. The SMILES string of the molecule is O=C(c1cc([N+](=O)[O-])cc([N+](=O)[O-])c1)N1CCCN(C(=O)c2cc([N+](=O)[O-])cc([N+](=O)[O-])c2)CC1. The molecule has 35 heavy (non-hydrogen) atoms. The number of benzene rings is 2. The van der Waals surface area contributed by atoms with Crippen LogP contribution in [0.1, 0.15) is 27.1 Å². The smallest absolute Gasteiger partial charge is 0.277 e. The standard InChI is InChI=1S/C19H16N6O10/c26-18(12-6-14(22(28)29)10-15(7-12)23(30)31)20-2-1-3-21(5-4-20)19(27)13-8-16(24(32)33)11-17(9-13)25(34)35/h6-11H,1-5H2. The zero-order valence-corrected chi connectivity index (χ0v) is 17.8. The second-order valence-electron chi connectivity index (χ2n) is 7.44. The molecule has 0 unspecified atom stereocenters. The van der Waals surface area contributed by atoms with Gasteiger partial charge in [-0.05, 0) is 6.42 Å². The molecule has 1 fully saturated rings. The minimum atomic E-state index is -0.856. The molecule has 2 aromatic carbocycles. The molecule has 0 N–H and O–H groups in total. The maximum atomic E-state index is 12.9. The van der Waals surface area contributed by atoms with E-state index in [-0.39, 0.29) is 43.7 Å². The van der Waals surface area contributed by atoms with Crippen molar-refractivity contribution in [3.8, 4) is 0 Å². The highest BCUT2D eigenvalue weighted by Crippen LogP contribution is 2.26. The Labute approximate surface area is 194 Å². The molecular weight excluding hydrogens is 472 g/mol. The molecule has 0 bridgehead atoms. The first-order valence-electron chi connectivity index (χ1n) is 9.94. The first-order chi connectivity index (χ1) is 16.5. The molecule has 0 radical (unpaired) electrons. The summed E-state index contributed by atoms with van der Waals surface area (Å²) in [7, 11) is 0. The first-order valence-corrected chi connectivity index (χ1v) is 9.94. The highest BCUT2D eigenvalue weighted by molar-refractivity contribution is 5.97. The van der Waals surface area contributed by atoms with Gasteiger partial charge < -0.3 is 9.80 Å². The molecule has 182 valence electrons. The summed E-state index contributed by atoms with van der Waals surface area (Å²) in [5.74, 6) is -1.42. The maximum absolute atomic E-state index is 12.9. The lowest BCUT2D eigenvalue weighted by atomic mass is 10.1. The molecule has 1 aliphatic rings. The Balaban J connectivity index is 1.81. The Hall–Kier alpha value is -5.02. The molecule has 1 saturated heterocycles. The molecule has 1 heterocycles. The number of nitro benzene ring substituents is 4. The van der Waals surface area contributed by atoms with Crippen LogP contribution in [0.5, 0.6) is 0 Å². The first kappa shape index (κ1) is 24.6. The number of carbonyl (C=O) groups excluding carboxylic acids is 2. The lowest BCUT2D eigenvalue weighted by molar-refractivity contribution is -0.394. The molecule has 16 nitrogen and oxygen atoms in total. The van der Waals surface area contributed by atoms with Crippen LogP contribution in [0.2, 0.25) is 0 Å². The molecule has 0 spiro atoms. The van der Waals surface area contributed by atoms with Crippen molar-refractivity contribution in [3.63, 3.8) is 0 Å². The van der Waals surface area contributed by atoms with Crippen molar-refractivity contribution in [3.05, 3.63) is 88.0 Å². The van der Waals surface area contributed by atoms with Gasteiger partial charge in [0, 0.05) is 50.4 Å². The third-order valence-corrected chi connectivity index (χ3v) is 5.21. The van der Waals surface area contributed by atoms with Gasteiger partial charge >= 0.3 is 0 Å². The highest BCUT2D eigenvalue weighted by atomic mass is 16.6. The Morgan fingerprint density at radius 2 is 0.829 bits per heavy atom. The minimum Gasteiger partial charge on any atom is -0.337 e. The topological polar surface area (TPSA) is 213 Å². The number of hydrogen-bond donors (Lipinski definition) is 0. The summed E-state index contributed by atoms with van der Waals surface area (Å²) in [5, 5.41) is 44.4. The van der Waals surface area contributed by atoms with Crippen molar-refractivity contribution < 1.29 is 29.3 Å². The van der Waals surface area contributed by atoms with E-state index in [9.17, 15) is 50.0 Å². The van der Waals surface area contributed by atoms with Gasteiger partial charge in [-0.25, -0.2) is 0 Å². The van der Waals surface area contributed by atoms with E-state index in [0.29, 0.717) is 0 Å². The van der Waals surface area contributed by atoms with Crippen molar-refractivity contribution in [2.45, 2.75) is 6.42 Å². The normalized spacial score (nSPS) is 13.6. The summed E-state index contributed by atoms with van der Waals surface area (Å²) in [6.07, 6.45) is 0.255. The van der Waals surface area contributed by atoms with Gasteiger partial charge in [0.2, 0.25) is 0 Å². The molecule has 0 aromatic heterocycles. The Morgan fingerprint density at radius 3 is 1.09 bits per heavy atom. The van der Waals surface area contributed by atoms with Gasteiger partial charge in [-0.15, -0.1) is 0 Å². The van der Waals surface area contributed by atoms with Gasteiger partial charge in [-0.2, -0.15) is 0 Å². The molecule has 2 amide bonds. The highest BCUT2D eigenvalue weighted by Gasteiger charge is 2.28. The van der Waals surface area contributed by atoms with Crippen molar-refractivity contribution >= 4 is 34.6 Å². The summed E-state index contributed by atoms with van der Waals surface area (Å²) < 4.78 is 0. The van der Waals surface area contributed by atoms with E-state index >= 15 is 0 Å². The fraction of sp³-hybridized carbons (Fsp3) is 0.263. The van der Waals surface area contributed by atoms with Crippen LogP contribution >= 0.6 is 0 Å². The summed E-state index contributed by atoms with van der Waals surface area (Å²) in [6, 6.07) is 5.16. The van der Waals surface area contributed by atoms with Crippen LogP contribution in [0, 0.1) is 40.5 Å². The van der Waals surface area contributed by atoms with Gasteiger partial charge in [0.15, 0.2) is 0 Å². The van der Waals surface area contributed by atoms with Gasteiger partial charge in [-0.3, -0.25) is 50.0 Å². The summed E-state index contributed by atoms with van der Waals surface area (Å²) in [5.41, 5.74) is -3.02. The van der Waals surface area contributed by atoms with Crippen molar-refractivity contribution in [2.75, 3.05) is 26.2 Å². The molecule has 16 heteroatoms. The number of amides is 2. The minimum absolute atomic E-state index is 0.0436. The van der Waals surface area contributed by atoms with Crippen molar-refractivity contribution in [1.82, 2.24) is 9.80 Å². The van der Waals surface area contributed by atoms with Crippen LogP contribution in [0.3, 0.4) is 0 Å². The average molecular weight is 488 g/mol. The van der Waals surface area contributed by atoms with Crippen LogP contribution in [0.4, 0.5) is 22.7 Å². The summed E-state index contributed by atoms with van der Waals surface area (Å²) in [4.78, 5) is 69.3. The van der Waals surface area contributed by atoms with E-state index in [1.165, 1.54) is 9.80 Å². The van der Waals surface area contributed by atoms with Crippen LogP contribution in [-0.2, 0) is 0 Å². The molecule has 2 aromatic rings. The number of rotatable bonds is 6. The van der Waals surface area contributed by atoms with E-state index in [0.717, 1.165) is 36.4 Å². The van der Waals surface area contributed by atoms with E-state index in [1.807, 2.05) is 0 Å². The van der Waals surface area contributed by atoms with Crippen molar-refractivity contribution in [2.24, 2.45) is 0 Å². The van der Waals surface area contributed by atoms with Gasteiger partial charge in [0.1, 0.15) is 0 Å². The lowest BCUT2D eigenvalue weighted by Crippen LogP contribution is -2.37. The number of non-ortho nitro benzene ring substituents is 4. The predicted octanol–water partition coefficient (Wildman–Crippen LogP) is 2.31. The molecule has 0 aliphatic carbocycles. The zero-order chi connectivity index (χ0) is 25.9. The fourth-order valence-electron chi connectivity index (χ4n) is 3.55.